The number of rotatable bonds is 4. The van der Waals surface area contributed by atoms with Gasteiger partial charge in [-0.15, -0.1) is 0 Å². The molecule has 0 N–H and O–H groups in total. The summed E-state index contributed by atoms with van der Waals surface area (Å²) in [6, 6.07) is 5.93. The molecule has 3 heteroatoms. The molecule has 1 aromatic rings. The minimum Gasteiger partial charge on any atom is -0.496 e. The highest BCUT2D eigenvalue weighted by molar-refractivity contribution is 5.71. The smallest absolute Gasteiger partial charge is 0.135 e. The average Bonchev–Trinajstić information content (AvgIpc) is 2.28. The van der Waals surface area contributed by atoms with E-state index in [4.69, 9.17) is 9.47 Å². The summed E-state index contributed by atoms with van der Waals surface area (Å²) in [6.07, 6.45) is 1.89. The number of benzene rings is 1. The maximum absolute atomic E-state index is 11.2. The summed E-state index contributed by atoms with van der Waals surface area (Å²) in [5.41, 5.74) is 1.75. The number of aldehydes is 1. The zero-order valence-corrected chi connectivity index (χ0v) is 9.66. The van der Waals surface area contributed by atoms with E-state index >= 15 is 0 Å². The molecule has 0 aromatic heterocycles. The van der Waals surface area contributed by atoms with Crippen LogP contribution in [0.2, 0.25) is 0 Å². The lowest BCUT2D eigenvalue weighted by molar-refractivity contribution is -0.129. The number of ether oxygens (including phenoxy) is 2. The van der Waals surface area contributed by atoms with E-state index in [1.165, 1.54) is 0 Å². The highest BCUT2D eigenvalue weighted by Gasteiger charge is 2.40. The lowest BCUT2D eigenvalue weighted by atomic mass is 9.79. The van der Waals surface area contributed by atoms with Crippen molar-refractivity contribution in [3.05, 3.63) is 29.3 Å². The zero-order valence-electron chi connectivity index (χ0n) is 9.66. The lowest BCUT2D eigenvalue weighted by Crippen LogP contribution is -2.48. The summed E-state index contributed by atoms with van der Waals surface area (Å²) in [5, 5.41) is 0. The Balaban J connectivity index is 2.39. The van der Waals surface area contributed by atoms with Crippen LogP contribution in [0.5, 0.6) is 5.75 Å². The number of carbonyl (C=O) groups excluding carboxylic acids is 1. The van der Waals surface area contributed by atoms with Gasteiger partial charge in [-0.25, -0.2) is 0 Å². The fourth-order valence-electron chi connectivity index (χ4n) is 1.99. The summed E-state index contributed by atoms with van der Waals surface area (Å²) in [7, 11) is 1.66. The van der Waals surface area contributed by atoms with Crippen molar-refractivity contribution in [2.24, 2.45) is 0 Å². The summed E-state index contributed by atoms with van der Waals surface area (Å²) >= 11 is 0. The van der Waals surface area contributed by atoms with Gasteiger partial charge in [-0.3, -0.25) is 0 Å². The van der Waals surface area contributed by atoms with E-state index in [-0.39, 0.29) is 0 Å². The zero-order chi connectivity index (χ0) is 11.6. The standard InChI is InChI=1S/C13H16O3/c1-3-10-6-11(4-5-12(10)15-2)13(7-14)8-16-9-13/h4-7H,3,8-9H2,1-2H3. The quantitative estimate of drug-likeness (QED) is 0.725. The van der Waals surface area contributed by atoms with Crippen LogP contribution in [0.25, 0.3) is 0 Å². The molecule has 1 heterocycles. The van der Waals surface area contributed by atoms with E-state index in [0.717, 1.165) is 29.6 Å². The Kier molecular flexibility index (Phi) is 2.97. The van der Waals surface area contributed by atoms with Crippen LogP contribution in [0, 0.1) is 0 Å². The van der Waals surface area contributed by atoms with Gasteiger partial charge in [-0.05, 0) is 23.6 Å². The van der Waals surface area contributed by atoms with Crippen LogP contribution in [0.3, 0.4) is 0 Å². The predicted molar refractivity (Wildman–Crippen MR) is 60.9 cm³/mol. The molecule has 0 spiro atoms. The second-order valence-electron chi connectivity index (χ2n) is 4.15. The van der Waals surface area contributed by atoms with Crippen LogP contribution >= 0.6 is 0 Å². The SMILES string of the molecule is CCc1cc(C2(C=O)COC2)ccc1OC. The summed E-state index contributed by atoms with van der Waals surface area (Å²) in [4.78, 5) is 11.2. The Bertz CT molecular complexity index is 394. The molecular formula is C13H16O3. The van der Waals surface area contributed by atoms with Crippen molar-refractivity contribution in [2.75, 3.05) is 20.3 Å². The molecule has 86 valence electrons. The molecule has 0 radical (unpaired) electrons. The van der Waals surface area contributed by atoms with Crippen molar-refractivity contribution in [3.8, 4) is 5.75 Å². The van der Waals surface area contributed by atoms with Gasteiger partial charge in [0, 0.05) is 0 Å². The topological polar surface area (TPSA) is 35.5 Å². The van der Waals surface area contributed by atoms with Crippen molar-refractivity contribution in [2.45, 2.75) is 18.8 Å². The monoisotopic (exact) mass is 220 g/mol. The Morgan fingerprint density at radius 2 is 2.25 bits per heavy atom. The molecule has 2 rings (SSSR count). The minimum atomic E-state index is -0.420. The maximum Gasteiger partial charge on any atom is 0.135 e. The molecule has 0 aliphatic carbocycles. The van der Waals surface area contributed by atoms with Gasteiger partial charge in [0.2, 0.25) is 0 Å². The second-order valence-corrected chi connectivity index (χ2v) is 4.15. The van der Waals surface area contributed by atoms with E-state index in [1.807, 2.05) is 12.1 Å². The van der Waals surface area contributed by atoms with Crippen molar-refractivity contribution < 1.29 is 14.3 Å². The van der Waals surface area contributed by atoms with Gasteiger partial charge in [0.15, 0.2) is 0 Å². The number of methoxy groups -OCH3 is 1. The van der Waals surface area contributed by atoms with Crippen LogP contribution in [-0.2, 0) is 21.4 Å². The van der Waals surface area contributed by atoms with Gasteiger partial charge >= 0.3 is 0 Å². The first-order valence-electron chi connectivity index (χ1n) is 5.47. The van der Waals surface area contributed by atoms with Gasteiger partial charge in [0.05, 0.1) is 25.7 Å². The van der Waals surface area contributed by atoms with Gasteiger partial charge in [0.1, 0.15) is 12.0 Å². The number of hydrogen-bond donors (Lipinski definition) is 0. The molecule has 16 heavy (non-hydrogen) atoms. The molecule has 0 unspecified atom stereocenters. The van der Waals surface area contributed by atoms with Crippen molar-refractivity contribution >= 4 is 6.29 Å². The molecule has 1 aliphatic rings. The molecule has 0 amide bonds. The Morgan fingerprint density at radius 1 is 1.50 bits per heavy atom. The van der Waals surface area contributed by atoms with Crippen LogP contribution in [0.4, 0.5) is 0 Å². The van der Waals surface area contributed by atoms with Gasteiger partial charge < -0.3 is 14.3 Å². The predicted octanol–water partition coefficient (Wildman–Crippen LogP) is 1.72. The molecule has 3 nitrogen and oxygen atoms in total. The van der Waals surface area contributed by atoms with E-state index in [9.17, 15) is 4.79 Å². The van der Waals surface area contributed by atoms with E-state index in [0.29, 0.717) is 13.2 Å². The van der Waals surface area contributed by atoms with Crippen LogP contribution < -0.4 is 4.74 Å². The fraction of sp³-hybridized carbons (Fsp3) is 0.462. The summed E-state index contributed by atoms with van der Waals surface area (Å²) in [5.74, 6) is 0.882. The first kappa shape index (κ1) is 11.1. The van der Waals surface area contributed by atoms with Crippen LogP contribution in [-0.4, -0.2) is 26.6 Å². The minimum absolute atomic E-state index is 0.420. The highest BCUT2D eigenvalue weighted by Crippen LogP contribution is 2.33. The third-order valence-electron chi connectivity index (χ3n) is 3.18. The van der Waals surface area contributed by atoms with Crippen molar-refractivity contribution in [3.63, 3.8) is 0 Å². The first-order chi connectivity index (χ1) is 7.75. The molecule has 1 fully saturated rings. The number of carbonyl (C=O) groups is 1. The van der Waals surface area contributed by atoms with Crippen molar-refractivity contribution in [1.29, 1.82) is 0 Å². The Hall–Kier alpha value is -1.35. The normalized spacial score (nSPS) is 17.6. The third kappa shape index (κ3) is 1.61. The van der Waals surface area contributed by atoms with E-state index in [2.05, 4.69) is 13.0 Å². The van der Waals surface area contributed by atoms with Crippen LogP contribution in [0.1, 0.15) is 18.1 Å². The van der Waals surface area contributed by atoms with Gasteiger partial charge in [0.25, 0.3) is 0 Å². The third-order valence-corrected chi connectivity index (χ3v) is 3.18. The molecule has 0 atom stereocenters. The Morgan fingerprint density at radius 3 is 2.69 bits per heavy atom. The molecule has 0 bridgehead atoms. The number of aryl methyl sites for hydroxylation is 1. The molecule has 0 saturated carbocycles. The summed E-state index contributed by atoms with van der Waals surface area (Å²) < 4.78 is 10.4. The molecular weight excluding hydrogens is 204 g/mol. The van der Waals surface area contributed by atoms with Gasteiger partial charge in [-0.2, -0.15) is 0 Å². The second kappa shape index (κ2) is 4.26. The average molecular weight is 220 g/mol. The Labute approximate surface area is 95.4 Å². The maximum atomic E-state index is 11.2. The summed E-state index contributed by atoms with van der Waals surface area (Å²) in [6.45, 7) is 3.06. The number of hydrogen-bond acceptors (Lipinski definition) is 3. The van der Waals surface area contributed by atoms with E-state index in [1.54, 1.807) is 7.11 Å². The highest BCUT2D eigenvalue weighted by atomic mass is 16.5. The first-order valence-corrected chi connectivity index (χ1v) is 5.47. The van der Waals surface area contributed by atoms with Gasteiger partial charge in [-0.1, -0.05) is 19.1 Å². The largest absolute Gasteiger partial charge is 0.496 e. The van der Waals surface area contributed by atoms with Crippen molar-refractivity contribution in [1.82, 2.24) is 0 Å². The van der Waals surface area contributed by atoms with E-state index < -0.39 is 5.41 Å². The molecule has 1 saturated heterocycles. The van der Waals surface area contributed by atoms with Crippen LogP contribution in [0.15, 0.2) is 18.2 Å². The molecule has 1 aliphatic heterocycles. The fourth-order valence-corrected chi connectivity index (χ4v) is 1.99. The lowest BCUT2D eigenvalue weighted by Gasteiger charge is -2.37. The molecule has 1 aromatic carbocycles.